The first-order valence-corrected chi connectivity index (χ1v) is 37.8. The molecule has 0 bridgehead atoms. The summed E-state index contributed by atoms with van der Waals surface area (Å²) in [6.45, 7) is 17.5. The van der Waals surface area contributed by atoms with Gasteiger partial charge in [-0.05, 0) is 130 Å². The third kappa shape index (κ3) is 18.5. The maximum atomic E-state index is 14.1. The summed E-state index contributed by atoms with van der Waals surface area (Å²) in [6.07, 6.45) is 17.2. The molecule has 0 spiro atoms. The fourth-order valence-electron chi connectivity index (χ4n) is 11.3. The van der Waals surface area contributed by atoms with Gasteiger partial charge >= 0.3 is 27.1 Å². The average molecular weight is 1530 g/mol. The smallest absolute Gasteiger partial charge is 0.380 e. The van der Waals surface area contributed by atoms with Gasteiger partial charge in [-0.1, -0.05) is 93.2 Å². The van der Waals surface area contributed by atoms with Crippen LogP contribution in [-0.2, 0) is 37.2 Å². The molecule has 10 N–H and O–H groups in total. The number of ether oxygens (including phenoxy) is 2. The highest BCUT2D eigenvalue weighted by atomic mass is 79.9. The number of carbonyl (C=O) groups is 2. The van der Waals surface area contributed by atoms with E-state index in [-0.39, 0.29) is 101 Å². The molecule has 3 aliphatic carbocycles. The van der Waals surface area contributed by atoms with Crippen LogP contribution in [0.1, 0.15) is 127 Å². The van der Waals surface area contributed by atoms with Crippen molar-refractivity contribution in [3.8, 4) is 11.5 Å². The minimum atomic E-state index is -3.78. The number of halogens is 2. The number of aromatic amines is 3. The normalized spacial score (nSPS) is 21.4. The molecule has 8 aromatic rings. The minimum absolute atomic E-state index is 0.00120. The van der Waals surface area contributed by atoms with E-state index < -0.39 is 50.1 Å². The van der Waals surface area contributed by atoms with Crippen LogP contribution in [0.3, 0.4) is 0 Å². The molecule has 3 fully saturated rings. The minimum Gasteiger partial charge on any atom is -0.462 e. The number of benzene rings is 2. The zero-order valence-electron chi connectivity index (χ0n) is 56.7. The predicted octanol–water partition coefficient (Wildman–Crippen LogP) is 11.9. The van der Waals surface area contributed by atoms with E-state index in [1.807, 2.05) is 67.1 Å². The second kappa shape index (κ2) is 31.7. The number of aliphatic hydroxyl groups excluding tert-OH is 1. The van der Waals surface area contributed by atoms with Gasteiger partial charge in [0.05, 0.1) is 56.2 Å². The number of imidazole rings is 3. The Kier molecular flexibility index (Phi) is 24.0. The quantitative estimate of drug-likeness (QED) is 0.0169. The summed E-state index contributed by atoms with van der Waals surface area (Å²) in [5.74, 6) is -1.44. The van der Waals surface area contributed by atoms with Gasteiger partial charge in [0.1, 0.15) is 30.5 Å². The Bertz CT molecular complexity index is 4390. The van der Waals surface area contributed by atoms with Crippen LogP contribution in [0.15, 0.2) is 108 Å². The molecule has 9 atom stereocenters. The molecule has 3 saturated carbocycles. The summed E-state index contributed by atoms with van der Waals surface area (Å²) >= 11 is 6.78. The molecule has 0 amide bonds. The van der Waals surface area contributed by atoms with Crippen LogP contribution >= 0.6 is 47.1 Å². The van der Waals surface area contributed by atoms with E-state index in [2.05, 4.69) is 76.7 Å². The number of aromatic nitrogens is 12. The van der Waals surface area contributed by atoms with Crippen LogP contribution in [0.5, 0.6) is 11.5 Å². The van der Waals surface area contributed by atoms with Crippen molar-refractivity contribution in [1.82, 2.24) is 58.6 Å². The number of fused-ring (bicyclic) bond motifs is 3. The van der Waals surface area contributed by atoms with E-state index in [4.69, 9.17) is 44.8 Å². The van der Waals surface area contributed by atoms with E-state index in [0.717, 1.165) is 64.2 Å². The number of nitrogens with zero attached hydrogens (tertiary/aromatic N) is 9. The average Bonchev–Trinajstić information content (AvgIpc) is 1.60. The molecule has 33 heteroatoms. The van der Waals surface area contributed by atoms with Crippen molar-refractivity contribution in [3.05, 3.63) is 124 Å². The number of H-pyrrole nitrogens is 3. The van der Waals surface area contributed by atoms with E-state index in [9.17, 15) is 38.2 Å². The Hall–Kier alpha value is -8.05. The number of esters is 2. The first-order chi connectivity index (χ1) is 47.0. The molecule has 11 rings (SSSR count). The molecule has 0 saturated heterocycles. The van der Waals surface area contributed by atoms with Gasteiger partial charge in [0.15, 0.2) is 33.5 Å². The lowest BCUT2D eigenvalue weighted by atomic mass is 10.0. The van der Waals surface area contributed by atoms with Crippen molar-refractivity contribution in [2.24, 2.45) is 28.1 Å². The highest BCUT2D eigenvalue weighted by Crippen LogP contribution is 2.61. The third-order valence-electron chi connectivity index (χ3n) is 17.8. The Morgan fingerprint density at radius 1 is 0.556 bits per heavy atom. The number of carbonyl (C=O) groups excluding carboxylic acids is 2. The molecule has 99 heavy (non-hydrogen) atoms. The molecule has 0 aliphatic heterocycles. The number of hydrogen-bond donors (Lipinski definition) is 7. The standard InChI is InChI=1S/2C27H35BrN5O6P.C12H15N5O2/c2*1-5-7-18(4)38-25(35)17(3)14-40(36,39-21-10-8-20(28)9-11-21)37-15-27(6-2)12-19(27)13-33-16-30-22-23(33)31-26(29)32-24(22)34;1-2-12(5-18)3-7(12)4-17-6-14-8-9(17)15-11(13)16-10(8)19/h2*8-11,13,16-18H,5-7,12,14-15H2,1-4H3,(H3,29,31,32,34);4,6,18H,2-3,5H2,1H3,(H3,13,15,16,19)/b2*19-13-;7-4-/t17-,18+,27+,40+;17-,18+,27-,40+;/m11./s1. The van der Waals surface area contributed by atoms with E-state index in [1.165, 1.54) is 19.0 Å². The van der Waals surface area contributed by atoms with Gasteiger partial charge in [-0.3, -0.25) is 61.7 Å². The molecule has 1 unspecified atom stereocenters. The van der Waals surface area contributed by atoms with Crippen LogP contribution in [0.25, 0.3) is 52.1 Å². The molecule has 0 radical (unpaired) electrons. The lowest BCUT2D eigenvalue weighted by Crippen LogP contribution is -2.25. The Labute approximate surface area is 587 Å². The molecular weight excluding hydrogens is 1450 g/mol. The SMILES string of the molecule is CCC1(CO)C/C1=C/n1cnc2c(=O)[nH]c(N)nc21.CCC[C@H](C)OC(=O)[C@H](C)C[P@](=O)(OC[C@@]1(CC)C/C1=C/n1cnc2c(=O)[nH]c(N)nc21)Oc1ccc(Br)cc1.CCC[C@H](C)OC(=O)[C@H](C)C[P@](=O)(OC[C@]1(CC)C/C1=C/n1cnc2c(=O)[nH]c(N)nc21)Oc1ccc(Br)cc1. The first-order valence-electron chi connectivity index (χ1n) is 32.7. The zero-order chi connectivity index (χ0) is 71.8. The maximum Gasteiger partial charge on any atom is 0.380 e. The molecule has 532 valence electrons. The number of hydrogen-bond acceptors (Lipinski definition) is 23. The van der Waals surface area contributed by atoms with Crippen molar-refractivity contribution in [1.29, 1.82) is 0 Å². The number of nitrogen functional groups attached to an aromatic ring is 3. The number of anilines is 3. The van der Waals surface area contributed by atoms with Gasteiger partial charge in [-0.15, -0.1) is 0 Å². The van der Waals surface area contributed by atoms with E-state index in [1.54, 1.807) is 76.1 Å². The van der Waals surface area contributed by atoms with Crippen LogP contribution in [0.2, 0.25) is 0 Å². The lowest BCUT2D eigenvalue weighted by molar-refractivity contribution is -0.153. The van der Waals surface area contributed by atoms with Gasteiger partial charge in [-0.2, -0.15) is 15.0 Å². The maximum absolute atomic E-state index is 14.1. The summed E-state index contributed by atoms with van der Waals surface area (Å²) in [6, 6.07) is 13.9. The van der Waals surface area contributed by atoms with Gasteiger partial charge in [-0.25, -0.2) is 24.1 Å². The monoisotopic (exact) mass is 1530 g/mol. The molecule has 6 aromatic heterocycles. The highest BCUT2D eigenvalue weighted by Gasteiger charge is 2.51. The van der Waals surface area contributed by atoms with Crippen molar-refractivity contribution >= 4 is 129 Å². The lowest BCUT2D eigenvalue weighted by Gasteiger charge is -2.24. The van der Waals surface area contributed by atoms with Crippen LogP contribution in [0, 0.1) is 28.1 Å². The number of aliphatic hydroxyl groups is 1. The zero-order valence-corrected chi connectivity index (χ0v) is 61.6. The van der Waals surface area contributed by atoms with Crippen LogP contribution in [0.4, 0.5) is 17.8 Å². The van der Waals surface area contributed by atoms with Crippen molar-refractivity contribution < 1.29 is 51.4 Å². The van der Waals surface area contributed by atoms with E-state index in [0.29, 0.717) is 54.1 Å². The Morgan fingerprint density at radius 2 is 0.869 bits per heavy atom. The van der Waals surface area contributed by atoms with Crippen molar-refractivity contribution in [2.75, 3.05) is 49.3 Å². The second-order valence-corrected chi connectivity index (χ2v) is 31.4. The fraction of sp³-hybridized carbons (Fsp3) is 0.470. The van der Waals surface area contributed by atoms with Crippen molar-refractivity contribution in [2.45, 2.75) is 139 Å². The molecule has 2 aromatic carbocycles. The predicted molar refractivity (Wildman–Crippen MR) is 385 cm³/mol. The second-order valence-electron chi connectivity index (χ2n) is 25.5. The van der Waals surface area contributed by atoms with Crippen LogP contribution < -0.4 is 42.9 Å². The van der Waals surface area contributed by atoms with Gasteiger partial charge in [0, 0.05) is 43.8 Å². The topological polar surface area (TPSA) is 413 Å². The third-order valence-corrected chi connectivity index (χ3v) is 22.9. The molecule has 3 aliphatic rings. The molecule has 29 nitrogen and oxygen atoms in total. The Morgan fingerprint density at radius 3 is 1.16 bits per heavy atom. The fourth-order valence-corrected chi connectivity index (χ4v) is 15.7. The van der Waals surface area contributed by atoms with Gasteiger partial charge in [0.2, 0.25) is 17.8 Å². The summed E-state index contributed by atoms with van der Waals surface area (Å²) < 4.78 is 70.0. The number of nitrogens with two attached hydrogens (primary N) is 3. The largest absolute Gasteiger partial charge is 0.462 e. The first kappa shape index (κ1) is 75.2. The van der Waals surface area contributed by atoms with Gasteiger partial charge in [0.25, 0.3) is 16.7 Å². The summed E-state index contributed by atoms with van der Waals surface area (Å²) in [5, 5.41) is 9.40. The summed E-state index contributed by atoms with van der Waals surface area (Å²) in [7, 11) is -7.56. The molecule has 6 heterocycles. The Balaban J connectivity index is 0.000000184. The van der Waals surface area contributed by atoms with E-state index >= 15 is 0 Å². The van der Waals surface area contributed by atoms with Crippen molar-refractivity contribution in [3.63, 3.8) is 0 Å². The number of nitrogens with one attached hydrogen (secondary N) is 3. The summed E-state index contributed by atoms with van der Waals surface area (Å²) in [4.78, 5) is 93.5. The van der Waals surface area contributed by atoms with Crippen LogP contribution in [-0.4, -0.2) is 120 Å². The highest BCUT2D eigenvalue weighted by molar-refractivity contribution is 9.10. The summed E-state index contributed by atoms with van der Waals surface area (Å²) in [5.41, 5.74) is 19.9. The van der Waals surface area contributed by atoms with Gasteiger partial charge < -0.3 is 40.8 Å². The molecular formula is C66H85Br2N15O14P2. The number of rotatable bonds is 29.